The molecule has 0 unspecified atom stereocenters. The minimum atomic E-state index is -0.879. The van der Waals surface area contributed by atoms with Gasteiger partial charge >= 0.3 is 5.97 Å². The van der Waals surface area contributed by atoms with Crippen LogP contribution in [0.1, 0.15) is 35.1 Å². The highest BCUT2D eigenvalue weighted by Crippen LogP contribution is 2.20. The molecule has 0 spiro atoms. The van der Waals surface area contributed by atoms with Gasteiger partial charge in [0.2, 0.25) is 5.13 Å². The first-order valence-corrected chi connectivity index (χ1v) is 9.05. The van der Waals surface area contributed by atoms with Gasteiger partial charge < -0.3 is 10.0 Å². The third-order valence-corrected chi connectivity index (χ3v) is 5.05. The molecule has 0 saturated carbocycles. The molecule has 0 radical (unpaired) electrons. The van der Waals surface area contributed by atoms with Crippen molar-refractivity contribution in [2.75, 3.05) is 31.1 Å². The van der Waals surface area contributed by atoms with E-state index in [1.54, 1.807) is 12.1 Å². The van der Waals surface area contributed by atoms with Gasteiger partial charge in [-0.1, -0.05) is 19.1 Å². The molecule has 7 heteroatoms. The Morgan fingerprint density at radius 3 is 2.67 bits per heavy atom. The van der Waals surface area contributed by atoms with Crippen LogP contribution in [0.2, 0.25) is 0 Å². The summed E-state index contributed by atoms with van der Waals surface area (Å²) in [6.07, 6.45) is 1.97. The molecule has 1 fully saturated rings. The average Bonchev–Trinajstić information content (AvgIpc) is 2.95. The molecular weight excluding hydrogens is 324 g/mol. The number of aryl methyl sites for hydroxylation is 1. The fraction of sp³-hybridized carbons (Fsp3) is 0.471. The fourth-order valence-corrected chi connectivity index (χ4v) is 3.65. The second-order valence-electron chi connectivity index (χ2n) is 5.97. The molecule has 128 valence electrons. The van der Waals surface area contributed by atoms with E-state index in [0.717, 1.165) is 62.1 Å². The number of hydrogen-bond acceptors (Lipinski definition) is 6. The molecule has 1 aliphatic heterocycles. The Morgan fingerprint density at radius 2 is 2.00 bits per heavy atom. The fourth-order valence-electron chi connectivity index (χ4n) is 2.85. The van der Waals surface area contributed by atoms with Crippen LogP contribution >= 0.6 is 11.5 Å². The Hall–Kier alpha value is -1.99. The van der Waals surface area contributed by atoms with Crippen LogP contribution in [0.4, 0.5) is 5.13 Å². The van der Waals surface area contributed by atoms with E-state index in [9.17, 15) is 4.79 Å². The lowest BCUT2D eigenvalue weighted by atomic mass is 10.1. The molecule has 0 atom stereocenters. The monoisotopic (exact) mass is 346 g/mol. The van der Waals surface area contributed by atoms with Crippen molar-refractivity contribution >= 4 is 22.6 Å². The first kappa shape index (κ1) is 16.9. The molecule has 24 heavy (non-hydrogen) atoms. The van der Waals surface area contributed by atoms with Crippen LogP contribution in [0.25, 0.3) is 0 Å². The highest BCUT2D eigenvalue weighted by Gasteiger charge is 2.18. The number of nitrogens with zero attached hydrogens (tertiary/aromatic N) is 4. The third-order valence-electron chi connectivity index (χ3n) is 4.24. The lowest BCUT2D eigenvalue weighted by molar-refractivity contribution is 0.0697. The molecule has 6 nitrogen and oxygen atoms in total. The number of hydrogen-bond donors (Lipinski definition) is 1. The predicted molar refractivity (Wildman–Crippen MR) is 94.8 cm³/mol. The van der Waals surface area contributed by atoms with Crippen molar-refractivity contribution < 1.29 is 9.90 Å². The lowest BCUT2D eigenvalue weighted by Gasteiger charge is -2.21. The maximum atomic E-state index is 10.9. The van der Waals surface area contributed by atoms with Crippen molar-refractivity contribution in [3.05, 3.63) is 41.2 Å². The summed E-state index contributed by atoms with van der Waals surface area (Å²) in [6, 6.07) is 7.17. The van der Waals surface area contributed by atoms with Crippen molar-refractivity contribution in [1.29, 1.82) is 0 Å². The summed E-state index contributed by atoms with van der Waals surface area (Å²) in [5.41, 5.74) is 1.49. The predicted octanol–water partition coefficient (Wildman–Crippen LogP) is 2.51. The maximum absolute atomic E-state index is 10.9. The molecule has 0 aliphatic carbocycles. The normalized spacial score (nSPS) is 16.1. The summed E-state index contributed by atoms with van der Waals surface area (Å²) in [5.74, 6) is 0.0464. The molecule has 2 aromatic rings. The SMILES string of the molecule is CCc1nsc(N2CCCN(Cc3ccc(C(=O)O)cc3)CC2)n1. The summed E-state index contributed by atoms with van der Waals surface area (Å²) in [6.45, 7) is 6.90. The van der Waals surface area contributed by atoms with Crippen molar-refractivity contribution in [3.8, 4) is 0 Å². The second-order valence-corrected chi connectivity index (χ2v) is 6.70. The van der Waals surface area contributed by atoms with Gasteiger partial charge in [-0.25, -0.2) is 9.78 Å². The lowest BCUT2D eigenvalue weighted by Crippen LogP contribution is -2.30. The number of aromatic carboxylic acids is 1. The van der Waals surface area contributed by atoms with Crippen LogP contribution in [0.5, 0.6) is 0 Å². The van der Waals surface area contributed by atoms with Crippen LogP contribution < -0.4 is 4.90 Å². The first-order valence-electron chi connectivity index (χ1n) is 8.28. The van der Waals surface area contributed by atoms with E-state index in [4.69, 9.17) is 5.11 Å². The number of anilines is 1. The number of carboxylic acids is 1. The van der Waals surface area contributed by atoms with Gasteiger partial charge in [0.25, 0.3) is 0 Å². The molecule has 3 rings (SSSR count). The highest BCUT2D eigenvalue weighted by atomic mass is 32.1. The molecule has 2 heterocycles. The zero-order chi connectivity index (χ0) is 16.9. The van der Waals surface area contributed by atoms with Crippen molar-refractivity contribution in [3.63, 3.8) is 0 Å². The Bertz CT molecular complexity index is 686. The van der Waals surface area contributed by atoms with Crippen LogP contribution in [0, 0.1) is 0 Å². The summed E-state index contributed by atoms with van der Waals surface area (Å²) in [4.78, 5) is 20.2. The minimum Gasteiger partial charge on any atom is -0.478 e. The number of benzene rings is 1. The van der Waals surface area contributed by atoms with E-state index >= 15 is 0 Å². The van der Waals surface area contributed by atoms with Gasteiger partial charge in [0.15, 0.2) is 0 Å². The van der Waals surface area contributed by atoms with E-state index in [-0.39, 0.29) is 0 Å². The highest BCUT2D eigenvalue weighted by molar-refractivity contribution is 7.09. The Labute approximate surface area is 145 Å². The smallest absolute Gasteiger partial charge is 0.335 e. The Kier molecular flexibility index (Phi) is 5.42. The molecular formula is C17H22N4O2S. The van der Waals surface area contributed by atoms with Gasteiger partial charge in [0, 0.05) is 50.7 Å². The minimum absolute atomic E-state index is 0.337. The molecule has 1 saturated heterocycles. The van der Waals surface area contributed by atoms with Gasteiger partial charge in [-0.15, -0.1) is 0 Å². The van der Waals surface area contributed by atoms with Crippen LogP contribution in [0.3, 0.4) is 0 Å². The molecule has 1 aliphatic rings. The standard InChI is InChI=1S/C17H22N4O2S/c1-2-15-18-17(24-19-15)21-9-3-8-20(10-11-21)12-13-4-6-14(7-5-13)16(22)23/h4-7H,2-3,8-12H2,1H3,(H,22,23). The van der Waals surface area contributed by atoms with Crippen molar-refractivity contribution in [2.45, 2.75) is 26.3 Å². The molecule has 1 N–H and O–H groups in total. The summed E-state index contributed by atoms with van der Waals surface area (Å²) in [5, 5.41) is 9.99. The van der Waals surface area contributed by atoms with E-state index < -0.39 is 5.97 Å². The summed E-state index contributed by atoms with van der Waals surface area (Å²) < 4.78 is 4.38. The Morgan fingerprint density at radius 1 is 1.21 bits per heavy atom. The van der Waals surface area contributed by atoms with E-state index in [0.29, 0.717) is 5.56 Å². The topological polar surface area (TPSA) is 69.6 Å². The molecule has 0 amide bonds. The van der Waals surface area contributed by atoms with E-state index in [1.165, 1.54) is 11.5 Å². The largest absolute Gasteiger partial charge is 0.478 e. The first-order chi connectivity index (χ1) is 11.7. The van der Waals surface area contributed by atoms with E-state index in [2.05, 4.69) is 26.1 Å². The van der Waals surface area contributed by atoms with Crippen LogP contribution in [0.15, 0.2) is 24.3 Å². The molecule has 0 bridgehead atoms. The summed E-state index contributed by atoms with van der Waals surface area (Å²) in [7, 11) is 0. The number of aromatic nitrogens is 2. The average molecular weight is 346 g/mol. The van der Waals surface area contributed by atoms with Crippen LogP contribution in [-0.4, -0.2) is 51.5 Å². The maximum Gasteiger partial charge on any atom is 0.335 e. The summed E-state index contributed by atoms with van der Waals surface area (Å²) >= 11 is 1.49. The molecule has 1 aromatic heterocycles. The van der Waals surface area contributed by atoms with Gasteiger partial charge in [-0.3, -0.25) is 4.90 Å². The van der Waals surface area contributed by atoms with Gasteiger partial charge in [0.05, 0.1) is 5.56 Å². The number of carbonyl (C=O) groups is 1. The molecule has 1 aromatic carbocycles. The van der Waals surface area contributed by atoms with Gasteiger partial charge in [0.1, 0.15) is 5.82 Å². The Balaban J connectivity index is 1.58. The third kappa shape index (κ3) is 4.10. The van der Waals surface area contributed by atoms with Gasteiger partial charge in [-0.2, -0.15) is 4.37 Å². The van der Waals surface area contributed by atoms with Crippen LogP contribution in [-0.2, 0) is 13.0 Å². The van der Waals surface area contributed by atoms with E-state index in [1.807, 2.05) is 12.1 Å². The quantitative estimate of drug-likeness (QED) is 0.897. The number of carboxylic acid groups (broad SMARTS) is 1. The van der Waals surface area contributed by atoms with Gasteiger partial charge in [-0.05, 0) is 24.1 Å². The van der Waals surface area contributed by atoms with Crippen molar-refractivity contribution in [1.82, 2.24) is 14.3 Å². The zero-order valence-electron chi connectivity index (χ0n) is 13.8. The second kappa shape index (κ2) is 7.72. The zero-order valence-corrected chi connectivity index (χ0v) is 14.6. The number of rotatable bonds is 5. The van der Waals surface area contributed by atoms with Crippen molar-refractivity contribution in [2.24, 2.45) is 0 Å².